The summed E-state index contributed by atoms with van der Waals surface area (Å²) in [4.78, 5) is 11.9. The summed E-state index contributed by atoms with van der Waals surface area (Å²) < 4.78 is 17.2. The van der Waals surface area contributed by atoms with E-state index in [1.807, 2.05) is 13.8 Å². The zero-order valence-corrected chi connectivity index (χ0v) is 11.4. The van der Waals surface area contributed by atoms with Gasteiger partial charge in [0.05, 0.1) is 6.04 Å². The Morgan fingerprint density at radius 1 is 1.53 bits per heavy atom. The van der Waals surface area contributed by atoms with Gasteiger partial charge in [-0.3, -0.25) is 4.79 Å². The highest BCUT2D eigenvalue weighted by molar-refractivity contribution is 5.95. The molecule has 0 bridgehead atoms. The fourth-order valence-corrected chi connectivity index (χ4v) is 1.56. The molecular formula is C14H21FN2O2. The molecule has 2 unspecified atom stereocenters. The van der Waals surface area contributed by atoms with Crippen LogP contribution < -0.4 is 15.8 Å². The first-order valence-electron chi connectivity index (χ1n) is 6.43. The first kappa shape index (κ1) is 15.4. The molecule has 1 amide bonds. The monoisotopic (exact) mass is 268 g/mol. The van der Waals surface area contributed by atoms with Crippen molar-refractivity contribution in [2.75, 3.05) is 18.6 Å². The van der Waals surface area contributed by atoms with Crippen molar-refractivity contribution in [1.29, 1.82) is 0 Å². The molecule has 0 radical (unpaired) electrons. The number of hydrogen-bond acceptors (Lipinski definition) is 3. The van der Waals surface area contributed by atoms with Gasteiger partial charge < -0.3 is 15.8 Å². The molecule has 4 nitrogen and oxygen atoms in total. The van der Waals surface area contributed by atoms with E-state index in [9.17, 15) is 9.18 Å². The van der Waals surface area contributed by atoms with E-state index < -0.39 is 12.7 Å². The smallest absolute Gasteiger partial charge is 0.241 e. The van der Waals surface area contributed by atoms with Crippen LogP contribution in [0.1, 0.15) is 20.3 Å². The lowest BCUT2D eigenvalue weighted by atomic mass is 9.99. The highest BCUT2D eigenvalue weighted by Gasteiger charge is 2.19. The number of halogens is 1. The fraction of sp³-hybridized carbons (Fsp3) is 0.500. The summed E-state index contributed by atoms with van der Waals surface area (Å²) in [6.45, 7) is 3.38. The van der Waals surface area contributed by atoms with Crippen LogP contribution in [0.3, 0.4) is 0 Å². The summed E-state index contributed by atoms with van der Waals surface area (Å²) in [5.41, 5.74) is 6.44. The van der Waals surface area contributed by atoms with Crippen molar-refractivity contribution >= 4 is 11.6 Å². The van der Waals surface area contributed by atoms with Crippen molar-refractivity contribution < 1.29 is 13.9 Å². The van der Waals surface area contributed by atoms with Crippen molar-refractivity contribution in [2.45, 2.75) is 26.3 Å². The molecule has 0 aliphatic carbocycles. The molecule has 2 atom stereocenters. The van der Waals surface area contributed by atoms with Gasteiger partial charge in [0.2, 0.25) is 5.91 Å². The average molecular weight is 268 g/mol. The molecule has 0 heterocycles. The van der Waals surface area contributed by atoms with E-state index >= 15 is 0 Å². The molecule has 106 valence electrons. The summed E-state index contributed by atoms with van der Waals surface area (Å²) in [7, 11) is 0. The van der Waals surface area contributed by atoms with E-state index in [0.29, 0.717) is 11.4 Å². The number of amides is 1. The predicted octanol–water partition coefficient (Wildman–Crippen LogP) is 2.35. The zero-order chi connectivity index (χ0) is 14.3. The molecule has 1 aromatic rings. The topological polar surface area (TPSA) is 64.4 Å². The zero-order valence-electron chi connectivity index (χ0n) is 11.4. The first-order valence-corrected chi connectivity index (χ1v) is 6.43. The Morgan fingerprint density at radius 3 is 2.89 bits per heavy atom. The largest absolute Gasteiger partial charge is 0.491 e. The summed E-state index contributed by atoms with van der Waals surface area (Å²) in [5, 5.41) is 2.74. The minimum Gasteiger partial charge on any atom is -0.491 e. The minimum atomic E-state index is -0.546. The number of rotatable bonds is 7. The fourth-order valence-electron chi connectivity index (χ4n) is 1.56. The highest BCUT2D eigenvalue weighted by Crippen LogP contribution is 2.18. The molecule has 1 rings (SSSR count). The predicted molar refractivity (Wildman–Crippen MR) is 74.0 cm³/mol. The average Bonchev–Trinajstić information content (AvgIpc) is 2.43. The number of anilines is 1. The van der Waals surface area contributed by atoms with E-state index in [1.54, 1.807) is 24.3 Å². The third-order valence-corrected chi connectivity index (χ3v) is 3.01. The van der Waals surface area contributed by atoms with Gasteiger partial charge in [0.1, 0.15) is 19.0 Å². The normalized spacial score (nSPS) is 13.7. The number of carbonyl (C=O) groups is 1. The molecule has 0 aliphatic heterocycles. The summed E-state index contributed by atoms with van der Waals surface area (Å²) in [5.74, 6) is 0.413. The maximum absolute atomic E-state index is 12.0. The first-order chi connectivity index (χ1) is 9.08. The number of benzene rings is 1. The van der Waals surface area contributed by atoms with Gasteiger partial charge in [-0.25, -0.2) is 4.39 Å². The minimum absolute atomic E-state index is 0.00375. The Balaban J connectivity index is 2.63. The van der Waals surface area contributed by atoms with Crippen molar-refractivity contribution in [2.24, 2.45) is 11.7 Å². The standard InChI is InChI=1S/C14H21FN2O2/c1-3-10(2)13(16)14(18)17-11-5-4-6-12(9-11)19-8-7-15/h4-6,9-10,13H,3,7-8,16H2,1-2H3,(H,17,18). The lowest BCUT2D eigenvalue weighted by Gasteiger charge is -2.18. The van der Waals surface area contributed by atoms with E-state index in [2.05, 4.69) is 5.32 Å². The third-order valence-electron chi connectivity index (χ3n) is 3.01. The molecule has 5 heteroatoms. The van der Waals surface area contributed by atoms with E-state index in [4.69, 9.17) is 10.5 Å². The summed E-state index contributed by atoms with van der Waals surface area (Å²) in [6, 6.07) is 6.29. The third kappa shape index (κ3) is 4.87. The molecule has 0 aliphatic rings. The Bertz CT molecular complexity index is 412. The Kier molecular flexibility index (Phi) is 6.29. The number of nitrogens with one attached hydrogen (secondary N) is 1. The molecule has 0 saturated carbocycles. The maximum Gasteiger partial charge on any atom is 0.241 e. The van der Waals surface area contributed by atoms with Gasteiger partial charge in [0.25, 0.3) is 0 Å². The molecule has 0 saturated heterocycles. The second-order valence-electron chi connectivity index (χ2n) is 4.47. The van der Waals surface area contributed by atoms with Crippen LogP contribution in [-0.2, 0) is 4.79 Å². The SMILES string of the molecule is CCC(C)C(N)C(=O)Nc1cccc(OCCF)c1. The molecule has 3 N–H and O–H groups in total. The maximum atomic E-state index is 12.0. The molecule has 19 heavy (non-hydrogen) atoms. The van der Waals surface area contributed by atoms with Crippen molar-refractivity contribution in [1.82, 2.24) is 0 Å². The summed E-state index contributed by atoms with van der Waals surface area (Å²) >= 11 is 0. The summed E-state index contributed by atoms with van der Waals surface area (Å²) in [6.07, 6.45) is 0.842. The number of ether oxygens (including phenoxy) is 1. The number of hydrogen-bond donors (Lipinski definition) is 2. The Morgan fingerprint density at radius 2 is 2.26 bits per heavy atom. The van der Waals surface area contributed by atoms with Gasteiger partial charge >= 0.3 is 0 Å². The van der Waals surface area contributed by atoms with Crippen LogP contribution >= 0.6 is 0 Å². The molecule has 0 fully saturated rings. The van der Waals surface area contributed by atoms with E-state index in [0.717, 1.165) is 6.42 Å². The van der Waals surface area contributed by atoms with Crippen molar-refractivity contribution in [3.05, 3.63) is 24.3 Å². The van der Waals surface area contributed by atoms with Crippen LogP contribution in [0.2, 0.25) is 0 Å². The second kappa shape index (κ2) is 7.74. The van der Waals surface area contributed by atoms with Gasteiger partial charge in [0.15, 0.2) is 0 Å². The second-order valence-corrected chi connectivity index (χ2v) is 4.47. The molecule has 0 aromatic heterocycles. The van der Waals surface area contributed by atoms with Gasteiger partial charge in [-0.05, 0) is 18.1 Å². The van der Waals surface area contributed by atoms with Gasteiger partial charge in [-0.1, -0.05) is 26.3 Å². The van der Waals surface area contributed by atoms with Crippen molar-refractivity contribution in [3.8, 4) is 5.75 Å². The van der Waals surface area contributed by atoms with Gasteiger partial charge in [0, 0.05) is 11.8 Å². The molecule has 1 aromatic carbocycles. The van der Waals surface area contributed by atoms with Gasteiger partial charge in [-0.15, -0.1) is 0 Å². The van der Waals surface area contributed by atoms with Crippen LogP contribution in [0.25, 0.3) is 0 Å². The Hall–Kier alpha value is -1.62. The number of nitrogens with two attached hydrogens (primary N) is 1. The van der Waals surface area contributed by atoms with Crippen LogP contribution in [0.15, 0.2) is 24.3 Å². The number of carbonyl (C=O) groups excluding carboxylic acids is 1. The lowest BCUT2D eigenvalue weighted by molar-refractivity contribution is -0.118. The number of alkyl halides is 1. The Labute approximate surface area is 113 Å². The van der Waals surface area contributed by atoms with Crippen LogP contribution in [0, 0.1) is 5.92 Å². The van der Waals surface area contributed by atoms with Crippen molar-refractivity contribution in [3.63, 3.8) is 0 Å². The van der Waals surface area contributed by atoms with Crippen LogP contribution in [0.5, 0.6) is 5.75 Å². The molecule has 0 spiro atoms. The molecular weight excluding hydrogens is 247 g/mol. The quantitative estimate of drug-likeness (QED) is 0.797. The lowest BCUT2D eigenvalue weighted by Crippen LogP contribution is -2.40. The van der Waals surface area contributed by atoms with Gasteiger partial charge in [-0.2, -0.15) is 0 Å². The van der Waals surface area contributed by atoms with Crippen LogP contribution in [0.4, 0.5) is 10.1 Å². The van der Waals surface area contributed by atoms with E-state index in [1.165, 1.54) is 0 Å². The highest BCUT2D eigenvalue weighted by atomic mass is 19.1. The van der Waals surface area contributed by atoms with Crippen LogP contribution in [-0.4, -0.2) is 25.2 Å². The van der Waals surface area contributed by atoms with E-state index in [-0.39, 0.29) is 18.4 Å².